The molecule has 3 N–H and O–H groups in total. The van der Waals surface area contributed by atoms with E-state index >= 15 is 0 Å². The monoisotopic (exact) mass is 421 g/mol. The predicted molar refractivity (Wildman–Crippen MR) is 110 cm³/mol. The molecule has 0 bridgehead atoms. The van der Waals surface area contributed by atoms with Crippen LogP contribution in [0.1, 0.15) is 49.2 Å². The standard InChI is InChI=1S/C23H31NO4.ClH/c1-4-27-23(19-9-6-5-7-10-19)13-17(2)24-15-21(26)16-28-22-12-8-11-20(14-22)18(3)25;/h5-12,14,17,21,23-24,26H,4,13,15-16H2,1-3H3;1H. The Morgan fingerprint density at radius 2 is 1.86 bits per heavy atom. The van der Waals surface area contributed by atoms with E-state index in [2.05, 4.69) is 24.4 Å². The van der Waals surface area contributed by atoms with Gasteiger partial charge >= 0.3 is 0 Å². The molecule has 3 atom stereocenters. The number of ether oxygens (including phenoxy) is 2. The predicted octanol–water partition coefficient (Wildman–Crippen LogP) is -0.247. The van der Waals surface area contributed by atoms with Crippen molar-refractivity contribution < 1.29 is 37.1 Å². The minimum atomic E-state index is -0.592. The average molecular weight is 422 g/mol. The van der Waals surface area contributed by atoms with Gasteiger partial charge in [-0.3, -0.25) is 4.79 Å². The summed E-state index contributed by atoms with van der Waals surface area (Å²) in [4.78, 5) is 11.4. The van der Waals surface area contributed by atoms with Gasteiger partial charge in [-0.25, -0.2) is 0 Å². The van der Waals surface area contributed by atoms with E-state index in [1.165, 1.54) is 12.5 Å². The fourth-order valence-electron chi connectivity index (χ4n) is 3.06. The molecule has 0 saturated heterocycles. The topological polar surface area (TPSA) is 72.4 Å². The molecule has 160 valence electrons. The van der Waals surface area contributed by atoms with Crippen LogP contribution in [0.15, 0.2) is 54.6 Å². The summed E-state index contributed by atoms with van der Waals surface area (Å²) < 4.78 is 11.5. The van der Waals surface area contributed by atoms with E-state index in [0.29, 0.717) is 30.5 Å². The first-order chi connectivity index (χ1) is 13.5. The molecule has 0 aliphatic rings. The normalized spacial score (nSPS) is 13.8. The maximum atomic E-state index is 11.4. The molecule has 0 amide bonds. The van der Waals surface area contributed by atoms with Crippen molar-refractivity contribution in [1.29, 1.82) is 0 Å². The molecule has 5 nitrogen and oxygen atoms in total. The van der Waals surface area contributed by atoms with Crippen LogP contribution in [0.5, 0.6) is 5.75 Å². The fourth-order valence-corrected chi connectivity index (χ4v) is 3.06. The van der Waals surface area contributed by atoms with Gasteiger partial charge in [-0.1, -0.05) is 42.5 Å². The van der Waals surface area contributed by atoms with Crippen LogP contribution in [0, 0.1) is 0 Å². The van der Waals surface area contributed by atoms with Crippen molar-refractivity contribution in [1.82, 2.24) is 0 Å². The Morgan fingerprint density at radius 1 is 1.14 bits per heavy atom. The number of hydrogen-bond donors (Lipinski definition) is 2. The number of aliphatic hydroxyl groups is 1. The third-order valence-electron chi connectivity index (χ3n) is 4.62. The Labute approximate surface area is 179 Å². The molecule has 0 aromatic heterocycles. The van der Waals surface area contributed by atoms with Gasteiger partial charge < -0.3 is 32.3 Å². The molecule has 0 heterocycles. The highest BCUT2D eigenvalue weighted by Gasteiger charge is 2.19. The van der Waals surface area contributed by atoms with E-state index in [4.69, 9.17) is 9.47 Å². The average Bonchev–Trinajstić information content (AvgIpc) is 2.71. The molecule has 2 rings (SSSR count). The zero-order valence-electron chi connectivity index (χ0n) is 17.4. The van der Waals surface area contributed by atoms with Crippen LogP contribution in [0.4, 0.5) is 0 Å². The number of nitrogens with two attached hydrogens (primary N) is 1. The Morgan fingerprint density at radius 3 is 2.52 bits per heavy atom. The lowest BCUT2D eigenvalue weighted by Gasteiger charge is -2.21. The smallest absolute Gasteiger partial charge is 0.159 e. The van der Waals surface area contributed by atoms with Crippen LogP contribution in [0.25, 0.3) is 0 Å². The minimum absolute atomic E-state index is 0. The molecule has 0 spiro atoms. The van der Waals surface area contributed by atoms with Gasteiger partial charge in [-0.2, -0.15) is 0 Å². The minimum Gasteiger partial charge on any atom is -1.00 e. The fraction of sp³-hybridized carbons (Fsp3) is 0.435. The largest absolute Gasteiger partial charge is 1.00 e. The van der Waals surface area contributed by atoms with Crippen molar-refractivity contribution in [2.75, 3.05) is 19.8 Å². The van der Waals surface area contributed by atoms with Crippen molar-refractivity contribution in [2.45, 2.75) is 45.4 Å². The van der Waals surface area contributed by atoms with E-state index in [0.717, 1.165) is 6.42 Å². The third kappa shape index (κ3) is 8.96. The van der Waals surface area contributed by atoms with Crippen LogP contribution in [-0.4, -0.2) is 42.8 Å². The first-order valence-electron chi connectivity index (χ1n) is 9.91. The highest BCUT2D eigenvalue weighted by Crippen LogP contribution is 2.21. The van der Waals surface area contributed by atoms with Crippen molar-refractivity contribution in [3.8, 4) is 5.75 Å². The number of rotatable bonds is 12. The number of halogens is 1. The van der Waals surface area contributed by atoms with Crippen LogP contribution >= 0.6 is 0 Å². The molecule has 2 aromatic carbocycles. The van der Waals surface area contributed by atoms with Gasteiger partial charge in [0.15, 0.2) is 5.78 Å². The number of carbonyl (C=O) groups is 1. The second-order valence-electron chi connectivity index (χ2n) is 7.09. The molecule has 2 aromatic rings. The van der Waals surface area contributed by atoms with Gasteiger partial charge in [0.25, 0.3) is 0 Å². The Kier molecular flexibility index (Phi) is 11.5. The number of ketones is 1. The first-order valence-corrected chi connectivity index (χ1v) is 9.91. The van der Waals surface area contributed by atoms with Gasteiger partial charge in [0.2, 0.25) is 0 Å². The van der Waals surface area contributed by atoms with Gasteiger partial charge in [0.1, 0.15) is 25.0 Å². The number of carbonyl (C=O) groups excluding carboxylic acids is 1. The molecule has 6 heteroatoms. The number of aliphatic hydroxyl groups excluding tert-OH is 1. The van der Waals surface area contributed by atoms with Gasteiger partial charge in [-0.15, -0.1) is 0 Å². The van der Waals surface area contributed by atoms with Crippen LogP contribution < -0.4 is 22.5 Å². The number of hydrogen-bond acceptors (Lipinski definition) is 4. The molecular formula is C23H32ClNO4. The maximum absolute atomic E-state index is 11.4. The summed E-state index contributed by atoms with van der Waals surface area (Å²) in [5, 5.41) is 12.4. The van der Waals surface area contributed by atoms with E-state index in [1.807, 2.05) is 25.1 Å². The van der Waals surface area contributed by atoms with Crippen molar-refractivity contribution in [3.63, 3.8) is 0 Å². The summed E-state index contributed by atoms with van der Waals surface area (Å²) in [6, 6.07) is 17.6. The quantitative estimate of drug-likeness (QED) is 0.464. The third-order valence-corrected chi connectivity index (χ3v) is 4.62. The zero-order valence-corrected chi connectivity index (χ0v) is 18.1. The summed E-state index contributed by atoms with van der Waals surface area (Å²) >= 11 is 0. The summed E-state index contributed by atoms with van der Waals surface area (Å²) in [6.07, 6.45) is 0.331. The Bertz CT molecular complexity index is 726. The van der Waals surface area contributed by atoms with Crippen LogP contribution in [0.2, 0.25) is 0 Å². The lowest BCUT2D eigenvalue weighted by Crippen LogP contribution is -3.00. The van der Waals surface area contributed by atoms with E-state index in [1.54, 1.807) is 24.3 Å². The van der Waals surface area contributed by atoms with Gasteiger partial charge in [0, 0.05) is 18.6 Å². The van der Waals surface area contributed by atoms with E-state index in [-0.39, 0.29) is 30.9 Å². The summed E-state index contributed by atoms with van der Waals surface area (Å²) in [5.74, 6) is 0.593. The number of Topliss-reactive ketones (excluding diaryl/α,β-unsaturated/α-hetero) is 1. The molecule has 0 aliphatic heterocycles. The lowest BCUT2D eigenvalue weighted by atomic mass is 10.0. The van der Waals surface area contributed by atoms with Crippen LogP contribution in [0.3, 0.4) is 0 Å². The maximum Gasteiger partial charge on any atom is 0.159 e. The molecule has 0 saturated carbocycles. The highest BCUT2D eigenvalue weighted by molar-refractivity contribution is 5.94. The molecular weight excluding hydrogens is 390 g/mol. The van der Waals surface area contributed by atoms with Gasteiger partial charge in [0.05, 0.1) is 12.1 Å². The number of quaternary nitrogens is 1. The van der Waals surface area contributed by atoms with E-state index in [9.17, 15) is 9.90 Å². The van der Waals surface area contributed by atoms with Gasteiger partial charge in [-0.05, 0) is 38.5 Å². The second kappa shape index (κ2) is 13.3. The molecule has 3 unspecified atom stereocenters. The Hall–Kier alpha value is -1.92. The summed E-state index contributed by atoms with van der Waals surface area (Å²) in [7, 11) is 0. The SMILES string of the molecule is CCOC(CC(C)[NH2+]CC(O)COc1cccc(C(C)=O)c1)c1ccccc1.[Cl-]. The zero-order chi connectivity index (χ0) is 20.4. The highest BCUT2D eigenvalue weighted by atomic mass is 35.5. The number of benzene rings is 2. The first kappa shape index (κ1) is 25.1. The summed E-state index contributed by atoms with van der Waals surface area (Å²) in [6.45, 7) is 7.07. The van der Waals surface area contributed by atoms with Crippen molar-refractivity contribution in [2.24, 2.45) is 0 Å². The molecule has 0 fully saturated rings. The Balaban J connectivity index is 0.00000420. The lowest BCUT2D eigenvalue weighted by molar-refractivity contribution is -0.693. The van der Waals surface area contributed by atoms with Crippen molar-refractivity contribution in [3.05, 3.63) is 65.7 Å². The summed E-state index contributed by atoms with van der Waals surface area (Å²) in [5.41, 5.74) is 1.79. The molecule has 0 radical (unpaired) electrons. The molecule has 29 heavy (non-hydrogen) atoms. The van der Waals surface area contributed by atoms with Crippen LogP contribution in [-0.2, 0) is 4.74 Å². The second-order valence-corrected chi connectivity index (χ2v) is 7.09. The molecule has 0 aliphatic carbocycles. The van der Waals surface area contributed by atoms with E-state index < -0.39 is 6.10 Å². The van der Waals surface area contributed by atoms with Crippen molar-refractivity contribution >= 4 is 5.78 Å².